The molecule has 0 saturated carbocycles. The van der Waals surface area contributed by atoms with Crippen molar-refractivity contribution in [3.63, 3.8) is 0 Å². The van der Waals surface area contributed by atoms with Crippen molar-refractivity contribution in [3.05, 3.63) is 66.7 Å². The average Bonchev–Trinajstić information content (AvgIpc) is 3.22. The van der Waals surface area contributed by atoms with Gasteiger partial charge in [0.1, 0.15) is 12.1 Å². The van der Waals surface area contributed by atoms with Crippen molar-refractivity contribution in [2.24, 2.45) is 0 Å². The number of rotatable bonds is 5. The summed E-state index contributed by atoms with van der Waals surface area (Å²) in [6.45, 7) is 2.41. The summed E-state index contributed by atoms with van der Waals surface area (Å²) < 4.78 is 15.6. The third kappa shape index (κ3) is 4.17. The molecule has 2 heterocycles. The summed E-state index contributed by atoms with van der Waals surface area (Å²) in [7, 11) is 0. The molecule has 0 spiro atoms. The Bertz CT molecular complexity index is 941. The maximum Gasteiger partial charge on any atom is 0.233 e. The van der Waals surface area contributed by atoms with Gasteiger partial charge in [0, 0.05) is 26.2 Å². The van der Waals surface area contributed by atoms with Crippen LogP contribution in [-0.2, 0) is 4.79 Å². The Kier molecular flexibility index (Phi) is 5.57. The highest BCUT2D eigenvalue weighted by Crippen LogP contribution is 2.21. The second-order valence-corrected chi connectivity index (χ2v) is 7.36. The number of amides is 1. The summed E-state index contributed by atoms with van der Waals surface area (Å²) in [6.07, 6.45) is 1.65. The van der Waals surface area contributed by atoms with Gasteiger partial charge in [0.25, 0.3) is 0 Å². The number of para-hydroxylation sites is 2. The molecule has 144 valence electrons. The summed E-state index contributed by atoms with van der Waals surface area (Å²) in [5.41, 5.74) is 1.53. The van der Waals surface area contributed by atoms with Crippen LogP contribution in [0, 0.1) is 5.82 Å². The Morgan fingerprint density at radius 3 is 2.46 bits per heavy atom. The highest BCUT2D eigenvalue weighted by Gasteiger charge is 2.23. The van der Waals surface area contributed by atoms with Gasteiger partial charge in [-0.05, 0) is 24.3 Å². The molecule has 2 aromatic carbocycles. The van der Waals surface area contributed by atoms with Gasteiger partial charge in [-0.25, -0.2) is 14.1 Å². The lowest BCUT2D eigenvalue weighted by Crippen LogP contribution is -2.49. The van der Waals surface area contributed by atoms with Gasteiger partial charge in [-0.15, -0.1) is 5.10 Å². The molecule has 0 unspecified atom stereocenters. The molecule has 0 atom stereocenters. The fraction of sp³-hybridized carbons (Fsp3) is 0.250. The topological polar surface area (TPSA) is 54.3 Å². The van der Waals surface area contributed by atoms with Gasteiger partial charge >= 0.3 is 0 Å². The van der Waals surface area contributed by atoms with E-state index in [1.165, 1.54) is 17.8 Å². The number of aromatic nitrogens is 3. The van der Waals surface area contributed by atoms with Gasteiger partial charge in [-0.3, -0.25) is 4.79 Å². The van der Waals surface area contributed by atoms with Gasteiger partial charge < -0.3 is 9.80 Å². The van der Waals surface area contributed by atoms with Crippen molar-refractivity contribution in [1.29, 1.82) is 0 Å². The van der Waals surface area contributed by atoms with Crippen molar-refractivity contribution in [1.82, 2.24) is 19.7 Å². The van der Waals surface area contributed by atoms with E-state index in [4.69, 9.17) is 0 Å². The summed E-state index contributed by atoms with van der Waals surface area (Å²) in [5.74, 6) is 0.116. The van der Waals surface area contributed by atoms with Gasteiger partial charge in [-0.1, -0.05) is 42.1 Å². The molecule has 0 radical (unpaired) electrons. The number of piperazine rings is 1. The molecule has 0 bridgehead atoms. The molecule has 8 heteroatoms. The number of halogens is 1. The van der Waals surface area contributed by atoms with Crippen molar-refractivity contribution in [2.75, 3.05) is 36.8 Å². The third-order valence-electron chi connectivity index (χ3n) is 4.64. The minimum absolute atomic E-state index is 0.0502. The van der Waals surface area contributed by atoms with E-state index in [0.717, 1.165) is 5.69 Å². The van der Waals surface area contributed by atoms with E-state index >= 15 is 0 Å². The molecule has 3 aromatic rings. The molecule has 0 N–H and O–H groups in total. The zero-order valence-electron chi connectivity index (χ0n) is 15.2. The monoisotopic (exact) mass is 397 g/mol. The number of benzene rings is 2. The molecule has 1 aromatic heterocycles. The van der Waals surface area contributed by atoms with Crippen LogP contribution in [-0.4, -0.2) is 57.5 Å². The zero-order chi connectivity index (χ0) is 19.3. The highest BCUT2D eigenvalue weighted by atomic mass is 32.2. The van der Waals surface area contributed by atoms with E-state index in [2.05, 4.69) is 10.1 Å². The van der Waals surface area contributed by atoms with E-state index in [1.54, 1.807) is 23.1 Å². The molecular formula is C20H20FN5OS. The molecule has 1 saturated heterocycles. The Hall–Kier alpha value is -2.87. The third-order valence-corrected chi connectivity index (χ3v) is 5.48. The molecule has 1 aliphatic heterocycles. The Morgan fingerprint density at radius 1 is 1.00 bits per heavy atom. The van der Waals surface area contributed by atoms with Crippen LogP contribution in [0.4, 0.5) is 10.1 Å². The van der Waals surface area contributed by atoms with Crippen LogP contribution in [0.25, 0.3) is 5.69 Å². The van der Waals surface area contributed by atoms with Gasteiger partial charge in [0.15, 0.2) is 0 Å². The fourth-order valence-electron chi connectivity index (χ4n) is 3.14. The average molecular weight is 397 g/mol. The Balaban J connectivity index is 1.28. The second-order valence-electron chi connectivity index (χ2n) is 6.42. The maximum absolute atomic E-state index is 13.9. The van der Waals surface area contributed by atoms with Crippen LogP contribution in [0.5, 0.6) is 0 Å². The quantitative estimate of drug-likeness (QED) is 0.620. The first-order chi connectivity index (χ1) is 13.7. The number of anilines is 1. The normalized spacial score (nSPS) is 14.3. The van der Waals surface area contributed by atoms with E-state index in [9.17, 15) is 9.18 Å². The smallest absolute Gasteiger partial charge is 0.233 e. The van der Waals surface area contributed by atoms with Crippen LogP contribution in [0.15, 0.2) is 66.1 Å². The summed E-state index contributed by atoms with van der Waals surface area (Å²) in [6, 6.07) is 16.5. The van der Waals surface area contributed by atoms with E-state index in [0.29, 0.717) is 42.8 Å². The van der Waals surface area contributed by atoms with Crippen LogP contribution >= 0.6 is 11.8 Å². The van der Waals surface area contributed by atoms with Crippen molar-refractivity contribution in [3.8, 4) is 5.69 Å². The number of hydrogen-bond donors (Lipinski definition) is 0. The molecule has 28 heavy (non-hydrogen) atoms. The van der Waals surface area contributed by atoms with Gasteiger partial charge in [-0.2, -0.15) is 0 Å². The molecule has 1 fully saturated rings. The highest BCUT2D eigenvalue weighted by molar-refractivity contribution is 7.99. The van der Waals surface area contributed by atoms with Gasteiger partial charge in [0.2, 0.25) is 11.1 Å². The fourth-order valence-corrected chi connectivity index (χ4v) is 3.84. The minimum Gasteiger partial charge on any atom is -0.366 e. The van der Waals surface area contributed by atoms with Crippen LogP contribution in [0.3, 0.4) is 0 Å². The molecule has 0 aliphatic carbocycles. The van der Waals surface area contributed by atoms with Crippen molar-refractivity contribution >= 4 is 23.4 Å². The summed E-state index contributed by atoms with van der Waals surface area (Å²) in [4.78, 5) is 20.6. The van der Waals surface area contributed by atoms with Crippen LogP contribution < -0.4 is 4.90 Å². The van der Waals surface area contributed by atoms with Crippen molar-refractivity contribution in [2.45, 2.75) is 5.16 Å². The number of carbonyl (C=O) groups excluding carboxylic acids is 1. The summed E-state index contributed by atoms with van der Waals surface area (Å²) >= 11 is 1.33. The SMILES string of the molecule is O=C(CSc1ncn(-c2ccccc2)n1)N1CCN(c2ccccc2F)CC1. The molecule has 4 rings (SSSR count). The predicted octanol–water partition coefficient (Wildman–Crippen LogP) is 2.85. The van der Waals surface area contributed by atoms with Crippen molar-refractivity contribution < 1.29 is 9.18 Å². The number of carbonyl (C=O) groups is 1. The Morgan fingerprint density at radius 2 is 1.71 bits per heavy atom. The minimum atomic E-state index is -0.224. The molecule has 1 amide bonds. The lowest BCUT2D eigenvalue weighted by molar-refractivity contribution is -0.128. The first-order valence-corrected chi connectivity index (χ1v) is 10.1. The predicted molar refractivity (Wildman–Crippen MR) is 107 cm³/mol. The first kappa shape index (κ1) is 18.5. The zero-order valence-corrected chi connectivity index (χ0v) is 16.1. The van der Waals surface area contributed by atoms with E-state index < -0.39 is 0 Å². The van der Waals surface area contributed by atoms with E-state index in [-0.39, 0.29) is 11.7 Å². The molecular weight excluding hydrogens is 377 g/mol. The van der Waals surface area contributed by atoms with Gasteiger partial charge in [0.05, 0.1) is 17.1 Å². The van der Waals surface area contributed by atoms with Crippen LogP contribution in [0.1, 0.15) is 0 Å². The lowest BCUT2D eigenvalue weighted by atomic mass is 10.2. The largest absolute Gasteiger partial charge is 0.366 e. The number of hydrogen-bond acceptors (Lipinski definition) is 5. The number of thioether (sulfide) groups is 1. The second kappa shape index (κ2) is 8.43. The summed E-state index contributed by atoms with van der Waals surface area (Å²) in [5, 5.41) is 4.98. The van der Waals surface area contributed by atoms with E-state index in [1.807, 2.05) is 46.2 Å². The molecule has 6 nitrogen and oxygen atoms in total. The van der Waals surface area contributed by atoms with Crippen LogP contribution in [0.2, 0.25) is 0 Å². The first-order valence-electron chi connectivity index (χ1n) is 9.08. The number of nitrogens with zero attached hydrogens (tertiary/aromatic N) is 5. The standard InChI is InChI=1S/C20H20FN5OS/c21-17-8-4-5-9-18(17)24-10-12-25(13-11-24)19(27)14-28-20-22-15-26(23-20)16-6-2-1-3-7-16/h1-9,15H,10-14H2. The Labute approximate surface area is 167 Å². The maximum atomic E-state index is 13.9. The molecule has 1 aliphatic rings. The lowest BCUT2D eigenvalue weighted by Gasteiger charge is -2.36.